The van der Waals surface area contributed by atoms with Crippen molar-refractivity contribution in [2.24, 2.45) is 5.41 Å². The molecule has 0 fully saturated rings. The van der Waals surface area contributed by atoms with E-state index in [1.54, 1.807) is 5.57 Å². The highest BCUT2D eigenvalue weighted by Gasteiger charge is 2.27. The van der Waals surface area contributed by atoms with Gasteiger partial charge in [0.05, 0.1) is 5.38 Å². The molecule has 1 aliphatic carbocycles. The van der Waals surface area contributed by atoms with Crippen LogP contribution in [0.3, 0.4) is 0 Å². The van der Waals surface area contributed by atoms with E-state index in [0.717, 1.165) is 6.42 Å². The highest BCUT2D eigenvalue weighted by atomic mass is 35.5. The minimum absolute atomic E-state index is 0.266. The summed E-state index contributed by atoms with van der Waals surface area (Å²) < 4.78 is 0. The first-order valence-corrected chi connectivity index (χ1v) is 7.54. The van der Waals surface area contributed by atoms with E-state index >= 15 is 0 Å². The van der Waals surface area contributed by atoms with Crippen LogP contribution in [0, 0.1) is 5.41 Å². The number of alkyl halides is 1. The van der Waals surface area contributed by atoms with Crippen LogP contribution < -0.4 is 0 Å². The van der Waals surface area contributed by atoms with Gasteiger partial charge in [0.15, 0.2) is 0 Å². The standard InChI is InChI=1S/C13H23ClS/c1-4-15-7-5-6-11-8-12(14)10-13(2,3)9-11/h8,12H,4-7,9-10H2,1-3H3. The fourth-order valence-corrected chi connectivity index (χ4v) is 3.54. The quantitative estimate of drug-likeness (QED) is 0.379. The minimum atomic E-state index is 0.266. The molecule has 1 unspecified atom stereocenters. The predicted octanol–water partition coefficient (Wildman–Crippen LogP) is 4.87. The molecule has 0 aromatic heterocycles. The van der Waals surface area contributed by atoms with Crippen molar-refractivity contribution in [1.82, 2.24) is 0 Å². The zero-order valence-corrected chi connectivity index (χ0v) is 11.8. The lowest BCUT2D eigenvalue weighted by molar-refractivity contribution is 0.318. The van der Waals surface area contributed by atoms with Gasteiger partial charge in [0.25, 0.3) is 0 Å². The average Bonchev–Trinajstić information content (AvgIpc) is 2.09. The van der Waals surface area contributed by atoms with Crippen molar-refractivity contribution in [3.8, 4) is 0 Å². The first kappa shape index (κ1) is 13.4. The van der Waals surface area contributed by atoms with E-state index in [2.05, 4.69) is 26.8 Å². The zero-order valence-electron chi connectivity index (χ0n) is 10.2. The summed E-state index contributed by atoms with van der Waals surface area (Å²) in [5.41, 5.74) is 2.00. The van der Waals surface area contributed by atoms with E-state index < -0.39 is 0 Å². The molecule has 0 aromatic carbocycles. The Labute approximate surface area is 104 Å². The molecule has 0 aliphatic heterocycles. The first-order chi connectivity index (χ1) is 7.03. The fourth-order valence-electron chi connectivity index (χ4n) is 2.31. The summed E-state index contributed by atoms with van der Waals surface area (Å²) in [6.45, 7) is 6.88. The van der Waals surface area contributed by atoms with Crippen molar-refractivity contribution < 1.29 is 0 Å². The highest BCUT2D eigenvalue weighted by Crippen LogP contribution is 2.38. The van der Waals surface area contributed by atoms with E-state index in [-0.39, 0.29) is 5.38 Å². The molecule has 0 heterocycles. The van der Waals surface area contributed by atoms with Crippen molar-refractivity contribution in [3.63, 3.8) is 0 Å². The summed E-state index contributed by atoms with van der Waals surface area (Å²) in [6.07, 6.45) is 7.22. The largest absolute Gasteiger partial charge is 0.162 e. The smallest absolute Gasteiger partial charge is 0.0523 e. The Morgan fingerprint density at radius 3 is 2.87 bits per heavy atom. The van der Waals surface area contributed by atoms with Crippen LogP contribution in [0.5, 0.6) is 0 Å². The van der Waals surface area contributed by atoms with Gasteiger partial charge in [-0.2, -0.15) is 11.8 Å². The minimum Gasteiger partial charge on any atom is -0.162 e. The molecule has 0 aromatic rings. The predicted molar refractivity (Wildman–Crippen MR) is 73.0 cm³/mol. The normalized spacial score (nSPS) is 25.1. The maximum Gasteiger partial charge on any atom is 0.0523 e. The summed E-state index contributed by atoms with van der Waals surface area (Å²) in [5, 5.41) is 0.266. The summed E-state index contributed by atoms with van der Waals surface area (Å²) >= 11 is 8.29. The second kappa shape index (κ2) is 6.20. The molecule has 1 aliphatic rings. The molecule has 0 nitrogen and oxygen atoms in total. The van der Waals surface area contributed by atoms with Crippen molar-refractivity contribution in [2.75, 3.05) is 11.5 Å². The van der Waals surface area contributed by atoms with E-state index in [1.807, 2.05) is 11.8 Å². The SMILES string of the molecule is CCSCCCC1=CC(Cl)CC(C)(C)C1. The third-order valence-electron chi connectivity index (χ3n) is 2.86. The van der Waals surface area contributed by atoms with Crippen LogP contribution in [0.2, 0.25) is 0 Å². The van der Waals surface area contributed by atoms with Crippen LogP contribution in [0.1, 0.15) is 46.5 Å². The Hall–Kier alpha value is 0.380. The van der Waals surface area contributed by atoms with Crippen molar-refractivity contribution in [3.05, 3.63) is 11.6 Å². The number of thioether (sulfide) groups is 1. The summed E-state index contributed by atoms with van der Waals surface area (Å²) in [7, 11) is 0. The maximum atomic E-state index is 6.25. The molecule has 0 spiro atoms. The monoisotopic (exact) mass is 246 g/mol. The number of hydrogen-bond donors (Lipinski definition) is 0. The van der Waals surface area contributed by atoms with Crippen LogP contribution in [0.15, 0.2) is 11.6 Å². The van der Waals surface area contributed by atoms with Gasteiger partial charge >= 0.3 is 0 Å². The van der Waals surface area contributed by atoms with Crippen LogP contribution >= 0.6 is 23.4 Å². The molecule has 0 saturated carbocycles. The molecule has 1 atom stereocenters. The molecule has 2 heteroatoms. The van der Waals surface area contributed by atoms with E-state index in [1.165, 1.54) is 30.8 Å². The molecule has 0 radical (unpaired) electrons. The van der Waals surface area contributed by atoms with Crippen molar-refractivity contribution in [2.45, 2.75) is 51.8 Å². The van der Waals surface area contributed by atoms with Crippen molar-refractivity contribution in [1.29, 1.82) is 0 Å². The Kier molecular flexibility index (Phi) is 5.56. The first-order valence-electron chi connectivity index (χ1n) is 5.95. The summed E-state index contributed by atoms with van der Waals surface area (Å²) in [4.78, 5) is 0. The van der Waals surface area contributed by atoms with Crippen LogP contribution in [0.25, 0.3) is 0 Å². The van der Waals surface area contributed by atoms with Gasteiger partial charge in [0, 0.05) is 0 Å². The van der Waals surface area contributed by atoms with E-state index in [4.69, 9.17) is 11.6 Å². The molecule has 15 heavy (non-hydrogen) atoms. The summed E-state index contributed by atoms with van der Waals surface area (Å²) in [6, 6.07) is 0. The van der Waals surface area contributed by atoms with Crippen LogP contribution in [-0.2, 0) is 0 Å². The lowest BCUT2D eigenvalue weighted by Crippen LogP contribution is -2.22. The van der Waals surface area contributed by atoms with Gasteiger partial charge in [-0.25, -0.2) is 0 Å². The Morgan fingerprint density at radius 1 is 1.53 bits per heavy atom. The highest BCUT2D eigenvalue weighted by molar-refractivity contribution is 7.99. The van der Waals surface area contributed by atoms with Crippen molar-refractivity contribution >= 4 is 23.4 Å². The van der Waals surface area contributed by atoms with Gasteiger partial charge in [0.2, 0.25) is 0 Å². The van der Waals surface area contributed by atoms with Gasteiger partial charge in [-0.3, -0.25) is 0 Å². The Morgan fingerprint density at radius 2 is 2.27 bits per heavy atom. The second-order valence-corrected chi connectivity index (χ2v) is 7.14. The average molecular weight is 247 g/mol. The molecule has 1 rings (SSSR count). The lowest BCUT2D eigenvalue weighted by atomic mass is 9.76. The summed E-state index contributed by atoms with van der Waals surface area (Å²) in [5.74, 6) is 2.53. The molecule has 0 bridgehead atoms. The lowest BCUT2D eigenvalue weighted by Gasteiger charge is -2.32. The second-order valence-electron chi connectivity index (χ2n) is 5.19. The number of rotatable bonds is 5. The molecule has 0 amide bonds. The Bertz CT molecular complexity index is 221. The number of allylic oxidation sites excluding steroid dienone is 2. The third kappa shape index (κ3) is 5.31. The zero-order chi connectivity index (χ0) is 11.3. The van der Waals surface area contributed by atoms with E-state index in [9.17, 15) is 0 Å². The number of halogens is 1. The molecule has 0 saturated heterocycles. The van der Waals surface area contributed by atoms with Gasteiger partial charge in [-0.05, 0) is 42.6 Å². The number of hydrogen-bond acceptors (Lipinski definition) is 1. The molecule has 88 valence electrons. The van der Waals surface area contributed by atoms with Crippen LogP contribution in [0.4, 0.5) is 0 Å². The molecular formula is C13H23ClS. The van der Waals surface area contributed by atoms with Gasteiger partial charge in [-0.1, -0.05) is 32.4 Å². The van der Waals surface area contributed by atoms with Gasteiger partial charge < -0.3 is 0 Å². The molecular weight excluding hydrogens is 224 g/mol. The van der Waals surface area contributed by atoms with Crippen LogP contribution in [-0.4, -0.2) is 16.9 Å². The van der Waals surface area contributed by atoms with Gasteiger partial charge in [0.1, 0.15) is 0 Å². The topological polar surface area (TPSA) is 0 Å². The Balaban J connectivity index is 2.34. The third-order valence-corrected chi connectivity index (χ3v) is 4.13. The van der Waals surface area contributed by atoms with Gasteiger partial charge in [-0.15, -0.1) is 11.6 Å². The fraction of sp³-hybridized carbons (Fsp3) is 0.846. The van der Waals surface area contributed by atoms with E-state index in [0.29, 0.717) is 5.41 Å². The maximum absolute atomic E-state index is 6.25. The molecule has 0 N–H and O–H groups in total.